The molecule has 1 rings (SSSR count). The van der Waals surface area contributed by atoms with Crippen LogP contribution < -0.4 is 0 Å². The number of aliphatic hydroxyl groups is 1. The van der Waals surface area contributed by atoms with Crippen molar-refractivity contribution < 1.29 is 5.11 Å². The Balaban J connectivity index is 2.81. The predicted molar refractivity (Wildman–Crippen MR) is 65.8 cm³/mol. The first-order chi connectivity index (χ1) is 6.78. The lowest BCUT2D eigenvalue weighted by molar-refractivity contribution is -0.0581. The molecule has 1 fully saturated rings. The van der Waals surface area contributed by atoms with Crippen LogP contribution in [0, 0.1) is 16.7 Å². The van der Waals surface area contributed by atoms with Crippen LogP contribution in [0.3, 0.4) is 0 Å². The van der Waals surface area contributed by atoms with Gasteiger partial charge in [0.25, 0.3) is 0 Å². The molecular weight excluding hydrogens is 184 g/mol. The molecule has 0 saturated heterocycles. The number of hydrogen-bond acceptors (Lipinski definition) is 1. The van der Waals surface area contributed by atoms with Crippen molar-refractivity contribution >= 4 is 0 Å². The van der Waals surface area contributed by atoms with Crippen LogP contribution in [0.15, 0.2) is 0 Å². The van der Waals surface area contributed by atoms with Crippen molar-refractivity contribution in [1.82, 2.24) is 0 Å². The fourth-order valence-corrected chi connectivity index (χ4v) is 3.40. The average molecular weight is 212 g/mol. The van der Waals surface area contributed by atoms with E-state index in [1.54, 1.807) is 0 Å². The van der Waals surface area contributed by atoms with Gasteiger partial charge < -0.3 is 5.11 Å². The lowest BCUT2D eigenvalue weighted by atomic mass is 9.66. The van der Waals surface area contributed by atoms with E-state index < -0.39 is 0 Å². The van der Waals surface area contributed by atoms with Crippen molar-refractivity contribution in [2.75, 3.05) is 0 Å². The first kappa shape index (κ1) is 13.0. The van der Waals surface area contributed by atoms with E-state index in [0.717, 1.165) is 0 Å². The molecule has 0 aromatic carbocycles. The zero-order valence-electron chi connectivity index (χ0n) is 11.1. The fraction of sp³-hybridized carbons (Fsp3) is 1.00. The van der Waals surface area contributed by atoms with Crippen LogP contribution in [-0.2, 0) is 0 Å². The van der Waals surface area contributed by atoms with Crippen molar-refractivity contribution in [2.24, 2.45) is 16.7 Å². The van der Waals surface area contributed by atoms with E-state index in [9.17, 15) is 5.11 Å². The molecule has 1 unspecified atom stereocenters. The number of hydrogen-bond donors (Lipinski definition) is 1. The van der Waals surface area contributed by atoms with E-state index >= 15 is 0 Å². The molecule has 1 saturated carbocycles. The number of aliphatic hydroxyl groups excluding tert-OH is 1. The van der Waals surface area contributed by atoms with Gasteiger partial charge >= 0.3 is 0 Å². The summed E-state index contributed by atoms with van der Waals surface area (Å²) in [4.78, 5) is 0. The Hall–Kier alpha value is -0.0400. The van der Waals surface area contributed by atoms with Crippen molar-refractivity contribution in [3.05, 3.63) is 0 Å². The van der Waals surface area contributed by atoms with Gasteiger partial charge in [-0.3, -0.25) is 0 Å². The normalized spacial score (nSPS) is 23.4. The zero-order chi connectivity index (χ0) is 11.7. The smallest absolute Gasteiger partial charge is 0.0644 e. The van der Waals surface area contributed by atoms with Crippen molar-refractivity contribution in [3.63, 3.8) is 0 Å². The topological polar surface area (TPSA) is 20.2 Å². The molecule has 1 aliphatic rings. The van der Waals surface area contributed by atoms with Crippen molar-refractivity contribution in [2.45, 2.75) is 72.8 Å². The van der Waals surface area contributed by atoms with Gasteiger partial charge in [-0.15, -0.1) is 0 Å². The van der Waals surface area contributed by atoms with Gasteiger partial charge in [0.15, 0.2) is 0 Å². The quantitative estimate of drug-likeness (QED) is 0.749. The SMILES string of the molecule is CC(C)CC1(C(O)C(C)(C)C)CCCC1. The zero-order valence-corrected chi connectivity index (χ0v) is 11.1. The maximum absolute atomic E-state index is 10.6. The second-order valence-electron chi connectivity index (χ2n) is 6.94. The van der Waals surface area contributed by atoms with Crippen LogP contribution in [0.2, 0.25) is 0 Å². The Morgan fingerprint density at radius 2 is 1.60 bits per heavy atom. The summed E-state index contributed by atoms with van der Waals surface area (Å²) in [6.07, 6.45) is 6.10. The highest BCUT2D eigenvalue weighted by Crippen LogP contribution is 2.50. The molecule has 15 heavy (non-hydrogen) atoms. The Bertz CT molecular complexity index is 194. The molecule has 0 radical (unpaired) electrons. The average Bonchev–Trinajstić information content (AvgIpc) is 2.50. The molecule has 1 nitrogen and oxygen atoms in total. The van der Waals surface area contributed by atoms with E-state index in [2.05, 4.69) is 34.6 Å². The van der Waals surface area contributed by atoms with Gasteiger partial charge in [0, 0.05) is 0 Å². The van der Waals surface area contributed by atoms with Gasteiger partial charge in [-0.05, 0) is 36.0 Å². The Morgan fingerprint density at radius 1 is 1.13 bits per heavy atom. The summed E-state index contributed by atoms with van der Waals surface area (Å²) in [6.45, 7) is 11.0. The molecule has 1 heteroatoms. The van der Waals surface area contributed by atoms with Gasteiger partial charge in [-0.1, -0.05) is 47.5 Å². The van der Waals surface area contributed by atoms with E-state index in [1.807, 2.05) is 0 Å². The van der Waals surface area contributed by atoms with Gasteiger partial charge in [-0.25, -0.2) is 0 Å². The Labute approximate surface area is 95.3 Å². The van der Waals surface area contributed by atoms with E-state index in [0.29, 0.717) is 5.92 Å². The maximum atomic E-state index is 10.6. The van der Waals surface area contributed by atoms with E-state index in [-0.39, 0.29) is 16.9 Å². The molecule has 0 aliphatic heterocycles. The molecule has 90 valence electrons. The highest BCUT2D eigenvalue weighted by atomic mass is 16.3. The lowest BCUT2D eigenvalue weighted by Gasteiger charge is -2.42. The van der Waals surface area contributed by atoms with Crippen LogP contribution >= 0.6 is 0 Å². The third-order valence-corrected chi connectivity index (χ3v) is 3.81. The minimum absolute atomic E-state index is 0.0270. The lowest BCUT2D eigenvalue weighted by Crippen LogP contribution is -2.42. The summed E-state index contributed by atoms with van der Waals surface area (Å²) in [5.74, 6) is 0.695. The van der Waals surface area contributed by atoms with Gasteiger partial charge in [-0.2, -0.15) is 0 Å². The third-order valence-electron chi connectivity index (χ3n) is 3.81. The van der Waals surface area contributed by atoms with Crippen LogP contribution in [0.1, 0.15) is 66.7 Å². The summed E-state index contributed by atoms with van der Waals surface area (Å²) in [5, 5.41) is 10.6. The maximum Gasteiger partial charge on any atom is 0.0644 e. The van der Waals surface area contributed by atoms with Gasteiger partial charge in [0.05, 0.1) is 6.10 Å². The van der Waals surface area contributed by atoms with Crippen LogP contribution in [0.5, 0.6) is 0 Å². The van der Waals surface area contributed by atoms with Crippen molar-refractivity contribution in [1.29, 1.82) is 0 Å². The molecule has 0 heterocycles. The molecule has 0 bridgehead atoms. The monoisotopic (exact) mass is 212 g/mol. The highest BCUT2D eigenvalue weighted by Gasteiger charge is 2.45. The standard InChI is InChI=1S/C14H28O/c1-11(2)10-14(8-6-7-9-14)12(15)13(3,4)5/h11-12,15H,6-10H2,1-5H3. The Kier molecular flexibility index (Phi) is 3.86. The third kappa shape index (κ3) is 2.96. The molecule has 0 aromatic rings. The molecule has 1 N–H and O–H groups in total. The van der Waals surface area contributed by atoms with Gasteiger partial charge in [0.1, 0.15) is 0 Å². The first-order valence-corrected chi connectivity index (χ1v) is 6.46. The molecule has 0 amide bonds. The fourth-order valence-electron chi connectivity index (χ4n) is 3.40. The molecule has 1 atom stereocenters. The van der Waals surface area contributed by atoms with E-state index in [4.69, 9.17) is 0 Å². The second-order valence-corrected chi connectivity index (χ2v) is 6.94. The minimum Gasteiger partial charge on any atom is -0.392 e. The van der Waals surface area contributed by atoms with Crippen molar-refractivity contribution in [3.8, 4) is 0 Å². The summed E-state index contributed by atoms with van der Waals surface area (Å²) >= 11 is 0. The van der Waals surface area contributed by atoms with Crippen LogP contribution in [0.4, 0.5) is 0 Å². The highest BCUT2D eigenvalue weighted by molar-refractivity contribution is 4.96. The number of rotatable bonds is 3. The van der Waals surface area contributed by atoms with E-state index in [1.165, 1.54) is 32.1 Å². The first-order valence-electron chi connectivity index (χ1n) is 6.46. The molecule has 0 aromatic heterocycles. The summed E-state index contributed by atoms with van der Waals surface area (Å²) < 4.78 is 0. The summed E-state index contributed by atoms with van der Waals surface area (Å²) in [6, 6.07) is 0. The minimum atomic E-state index is -0.144. The predicted octanol–water partition coefficient (Wildman–Crippen LogP) is 4.00. The molecule has 1 aliphatic carbocycles. The van der Waals surface area contributed by atoms with Gasteiger partial charge in [0.2, 0.25) is 0 Å². The molecular formula is C14H28O. The molecule has 0 spiro atoms. The van der Waals surface area contributed by atoms with Crippen LogP contribution in [0.25, 0.3) is 0 Å². The van der Waals surface area contributed by atoms with Crippen LogP contribution in [-0.4, -0.2) is 11.2 Å². The largest absolute Gasteiger partial charge is 0.392 e. The second kappa shape index (κ2) is 4.45. The summed E-state index contributed by atoms with van der Waals surface area (Å²) in [7, 11) is 0. The summed E-state index contributed by atoms with van der Waals surface area (Å²) in [5.41, 5.74) is 0.242. The Morgan fingerprint density at radius 3 is 1.93 bits per heavy atom.